The van der Waals surface area contributed by atoms with E-state index in [0.29, 0.717) is 18.5 Å². The van der Waals surface area contributed by atoms with Crippen LogP contribution in [-0.4, -0.2) is 47.2 Å². The van der Waals surface area contributed by atoms with Gasteiger partial charge in [0.2, 0.25) is 17.7 Å². The molecule has 7 nitrogen and oxygen atoms in total. The minimum atomic E-state index is -0.379. The Kier molecular flexibility index (Phi) is 4.92. The van der Waals surface area contributed by atoms with Gasteiger partial charge in [-0.15, -0.1) is 0 Å². The van der Waals surface area contributed by atoms with Crippen LogP contribution in [0, 0.1) is 11.8 Å². The Bertz CT molecular complexity index is 742. The van der Waals surface area contributed by atoms with E-state index < -0.39 is 0 Å². The van der Waals surface area contributed by atoms with Gasteiger partial charge in [-0.05, 0) is 44.2 Å². The highest BCUT2D eigenvalue weighted by molar-refractivity contribution is 6.08. The molecule has 1 aliphatic carbocycles. The highest BCUT2D eigenvalue weighted by Gasteiger charge is 2.47. The fraction of sp³-hybridized carbons (Fsp3) is 0.500. The van der Waals surface area contributed by atoms with E-state index in [1.807, 2.05) is 24.3 Å². The number of nitrogens with one attached hydrogen (secondary N) is 1. The zero-order valence-corrected chi connectivity index (χ0v) is 15.3. The molecule has 0 saturated carbocycles. The molecule has 1 aromatic rings. The molecule has 0 spiro atoms. The molecule has 1 aromatic heterocycles. The van der Waals surface area contributed by atoms with Crippen molar-refractivity contribution in [1.82, 2.24) is 9.88 Å². The van der Waals surface area contributed by atoms with Crippen molar-refractivity contribution >= 4 is 29.2 Å². The van der Waals surface area contributed by atoms with Gasteiger partial charge in [0.1, 0.15) is 12.4 Å². The summed E-state index contributed by atoms with van der Waals surface area (Å²) >= 11 is 0. The zero-order chi connectivity index (χ0) is 18.8. The van der Waals surface area contributed by atoms with Gasteiger partial charge in [0.25, 0.3) is 0 Å². The van der Waals surface area contributed by atoms with Crippen LogP contribution in [0.3, 0.4) is 0 Å². The lowest BCUT2D eigenvalue weighted by Gasteiger charge is -2.27. The number of fused-ring (bicyclic) bond motifs is 1. The van der Waals surface area contributed by atoms with Gasteiger partial charge in [0.05, 0.1) is 23.7 Å². The van der Waals surface area contributed by atoms with E-state index in [4.69, 9.17) is 0 Å². The number of imide groups is 1. The van der Waals surface area contributed by atoms with Crippen molar-refractivity contribution in [2.24, 2.45) is 11.8 Å². The topological polar surface area (TPSA) is 82.6 Å². The van der Waals surface area contributed by atoms with Gasteiger partial charge in [-0.25, -0.2) is 4.98 Å². The largest absolute Gasteiger partial charge is 0.357 e. The van der Waals surface area contributed by atoms with Crippen molar-refractivity contribution in [3.8, 4) is 0 Å². The summed E-state index contributed by atoms with van der Waals surface area (Å²) in [5, 5.41) is 2.74. The average molecular weight is 368 g/mol. The first-order chi connectivity index (χ1) is 13.1. The molecule has 2 saturated heterocycles. The second-order valence-electron chi connectivity index (χ2n) is 7.42. The molecule has 7 heteroatoms. The third-order valence-electron chi connectivity index (χ3n) is 5.61. The highest BCUT2D eigenvalue weighted by Crippen LogP contribution is 2.34. The van der Waals surface area contributed by atoms with E-state index in [-0.39, 0.29) is 36.1 Å². The van der Waals surface area contributed by atoms with Crippen molar-refractivity contribution < 1.29 is 14.4 Å². The summed E-state index contributed by atoms with van der Waals surface area (Å²) < 4.78 is 0. The lowest BCUT2D eigenvalue weighted by Crippen LogP contribution is -2.38. The van der Waals surface area contributed by atoms with Gasteiger partial charge in [-0.2, -0.15) is 0 Å². The third kappa shape index (κ3) is 3.59. The molecular formula is C20H24N4O3. The number of hydrogen-bond donors (Lipinski definition) is 1. The quantitative estimate of drug-likeness (QED) is 0.649. The van der Waals surface area contributed by atoms with Gasteiger partial charge >= 0.3 is 0 Å². The van der Waals surface area contributed by atoms with E-state index in [0.717, 1.165) is 23.8 Å². The number of pyridine rings is 1. The summed E-state index contributed by atoms with van der Waals surface area (Å²) in [5.41, 5.74) is 0.568. The number of aromatic nitrogens is 1. The zero-order valence-electron chi connectivity index (χ0n) is 15.3. The molecule has 0 radical (unpaired) electrons. The van der Waals surface area contributed by atoms with E-state index in [9.17, 15) is 14.4 Å². The summed E-state index contributed by atoms with van der Waals surface area (Å²) in [7, 11) is 0. The predicted octanol–water partition coefficient (Wildman–Crippen LogP) is 1.96. The molecule has 2 fully saturated rings. The molecule has 0 aromatic carbocycles. The Labute approximate surface area is 158 Å². The molecule has 27 heavy (non-hydrogen) atoms. The van der Waals surface area contributed by atoms with Crippen molar-refractivity contribution in [3.63, 3.8) is 0 Å². The van der Waals surface area contributed by atoms with Crippen LogP contribution in [0.25, 0.3) is 0 Å². The van der Waals surface area contributed by atoms with Crippen LogP contribution < -0.4 is 10.2 Å². The van der Waals surface area contributed by atoms with Crippen LogP contribution in [0.15, 0.2) is 30.5 Å². The van der Waals surface area contributed by atoms with Crippen molar-refractivity contribution in [3.05, 3.63) is 30.5 Å². The molecular weight excluding hydrogens is 344 g/mol. The van der Waals surface area contributed by atoms with E-state index in [1.165, 1.54) is 19.3 Å². The number of likely N-dealkylation sites (tertiary alicyclic amines) is 1. The predicted molar refractivity (Wildman–Crippen MR) is 101 cm³/mol. The van der Waals surface area contributed by atoms with Crippen molar-refractivity contribution in [1.29, 1.82) is 0 Å². The summed E-state index contributed by atoms with van der Waals surface area (Å²) in [5.74, 6) is -0.544. The molecule has 4 rings (SSSR count). The smallest absolute Gasteiger partial charge is 0.244 e. The van der Waals surface area contributed by atoms with Crippen molar-refractivity contribution in [2.75, 3.05) is 29.9 Å². The Hall–Kier alpha value is -2.70. The van der Waals surface area contributed by atoms with Crippen LogP contribution in [-0.2, 0) is 14.4 Å². The molecule has 3 heterocycles. The van der Waals surface area contributed by atoms with Crippen LogP contribution >= 0.6 is 0 Å². The van der Waals surface area contributed by atoms with E-state index in [1.54, 1.807) is 6.20 Å². The number of allylic oxidation sites excluding steroid dienone is 2. The standard InChI is InChI=1S/C20H24N4O3/c25-18(13-24-19(26)15-6-2-3-7-16(15)20(24)27)22-14-8-9-17(21-12-14)23-10-4-1-5-11-23/h2-3,8-9,12,15-16H,1,4-7,10-11,13H2,(H,22,25)/t15-,16-/m0/s1. The molecule has 0 unspecified atom stereocenters. The number of carbonyl (C=O) groups excluding carboxylic acids is 3. The summed E-state index contributed by atoms with van der Waals surface area (Å²) in [4.78, 5) is 45.0. The molecule has 2 atom stereocenters. The van der Waals surface area contributed by atoms with Crippen LogP contribution in [0.2, 0.25) is 0 Å². The van der Waals surface area contributed by atoms with Gasteiger partial charge < -0.3 is 10.2 Å². The summed E-state index contributed by atoms with van der Waals surface area (Å²) in [6, 6.07) is 3.71. The monoisotopic (exact) mass is 368 g/mol. The number of piperidine rings is 1. The van der Waals surface area contributed by atoms with Crippen LogP contribution in [0.5, 0.6) is 0 Å². The number of rotatable bonds is 4. The molecule has 142 valence electrons. The summed E-state index contributed by atoms with van der Waals surface area (Å²) in [6.45, 7) is 1.78. The molecule has 3 aliphatic rings. The normalized spacial score (nSPS) is 24.9. The molecule has 3 amide bonds. The fourth-order valence-electron chi connectivity index (χ4n) is 4.14. The van der Waals surface area contributed by atoms with E-state index in [2.05, 4.69) is 15.2 Å². The van der Waals surface area contributed by atoms with Crippen LogP contribution in [0.1, 0.15) is 32.1 Å². The minimum absolute atomic E-state index is 0.233. The number of anilines is 2. The summed E-state index contributed by atoms with van der Waals surface area (Å²) in [6.07, 6.45) is 10.3. The molecule has 2 aliphatic heterocycles. The minimum Gasteiger partial charge on any atom is -0.357 e. The fourth-order valence-corrected chi connectivity index (χ4v) is 4.14. The number of hydrogen-bond acceptors (Lipinski definition) is 5. The maximum atomic E-state index is 12.4. The number of carbonyl (C=O) groups is 3. The van der Waals surface area contributed by atoms with Crippen molar-refractivity contribution in [2.45, 2.75) is 32.1 Å². The molecule has 1 N–H and O–H groups in total. The number of amides is 3. The number of nitrogens with zero attached hydrogens (tertiary/aromatic N) is 3. The van der Waals surface area contributed by atoms with Gasteiger partial charge in [-0.1, -0.05) is 12.2 Å². The second-order valence-corrected chi connectivity index (χ2v) is 7.42. The second kappa shape index (κ2) is 7.50. The van der Waals surface area contributed by atoms with Crippen LogP contribution in [0.4, 0.5) is 11.5 Å². The average Bonchev–Trinajstić information content (AvgIpc) is 2.94. The van der Waals surface area contributed by atoms with Gasteiger partial charge in [0, 0.05) is 13.1 Å². The van der Waals surface area contributed by atoms with Gasteiger partial charge in [0.15, 0.2) is 0 Å². The third-order valence-corrected chi connectivity index (χ3v) is 5.61. The van der Waals surface area contributed by atoms with E-state index >= 15 is 0 Å². The maximum Gasteiger partial charge on any atom is 0.244 e. The Morgan fingerprint density at radius 3 is 2.30 bits per heavy atom. The van der Waals surface area contributed by atoms with Gasteiger partial charge in [-0.3, -0.25) is 19.3 Å². The SMILES string of the molecule is O=C(CN1C(=O)[C@H]2CC=CC[C@@H]2C1=O)Nc1ccc(N2CCCCC2)nc1. The Balaban J connectivity index is 1.35. The molecule has 0 bridgehead atoms. The first-order valence-electron chi connectivity index (χ1n) is 9.64. The Morgan fingerprint density at radius 2 is 1.70 bits per heavy atom. The first-order valence-corrected chi connectivity index (χ1v) is 9.64. The Morgan fingerprint density at radius 1 is 1.04 bits per heavy atom. The highest BCUT2D eigenvalue weighted by atomic mass is 16.2. The first kappa shape index (κ1) is 17.7. The lowest BCUT2D eigenvalue weighted by molar-refractivity contribution is -0.142. The lowest BCUT2D eigenvalue weighted by atomic mass is 9.85. The maximum absolute atomic E-state index is 12.4.